The van der Waals surface area contributed by atoms with E-state index in [9.17, 15) is 22.4 Å². The number of carbonyl (C=O) groups excluding carboxylic acids is 2. The largest absolute Gasteiger partial charge is 0.455 e. The first-order chi connectivity index (χ1) is 12.2. The van der Waals surface area contributed by atoms with Crippen molar-refractivity contribution in [2.75, 3.05) is 26.2 Å². The Balaban J connectivity index is 1.79. The summed E-state index contributed by atoms with van der Waals surface area (Å²) in [6.07, 6.45) is -0.221. The van der Waals surface area contributed by atoms with Gasteiger partial charge in [-0.2, -0.15) is 4.72 Å². The van der Waals surface area contributed by atoms with Crippen molar-refractivity contribution in [3.05, 3.63) is 30.1 Å². The first-order valence-corrected chi connectivity index (χ1v) is 9.50. The summed E-state index contributed by atoms with van der Waals surface area (Å²) in [5.74, 6) is -1.84. The van der Waals surface area contributed by atoms with Crippen LogP contribution in [0, 0.1) is 5.82 Å². The molecule has 144 valence electrons. The van der Waals surface area contributed by atoms with Gasteiger partial charge in [0.15, 0.2) is 6.61 Å². The maximum atomic E-state index is 12.8. The topological polar surface area (TPSA) is 102 Å². The smallest absolute Gasteiger partial charge is 0.321 e. The number of morpholine rings is 1. The highest BCUT2D eigenvalue weighted by Crippen LogP contribution is 2.11. The molecule has 1 aromatic carbocycles. The van der Waals surface area contributed by atoms with Crippen LogP contribution in [0.3, 0.4) is 0 Å². The molecule has 1 amide bonds. The highest BCUT2D eigenvalue weighted by molar-refractivity contribution is 7.89. The maximum absolute atomic E-state index is 12.8. The number of sulfonamides is 1. The van der Waals surface area contributed by atoms with Crippen LogP contribution in [0.25, 0.3) is 0 Å². The number of nitrogens with one attached hydrogen (secondary N) is 1. The molecule has 1 aromatic rings. The molecule has 0 radical (unpaired) electrons. The van der Waals surface area contributed by atoms with Crippen LogP contribution in [0.2, 0.25) is 0 Å². The number of nitrogens with zero attached hydrogens (tertiary/aromatic N) is 1. The van der Waals surface area contributed by atoms with E-state index in [0.29, 0.717) is 13.1 Å². The number of rotatable bonds is 6. The molecule has 0 saturated carbocycles. The summed E-state index contributed by atoms with van der Waals surface area (Å²) in [6.45, 7) is 3.37. The molecule has 10 heteroatoms. The first-order valence-electron chi connectivity index (χ1n) is 8.01. The Morgan fingerprint density at radius 3 is 2.38 bits per heavy atom. The van der Waals surface area contributed by atoms with Crippen molar-refractivity contribution in [2.24, 2.45) is 0 Å². The average molecular weight is 388 g/mol. The number of amides is 1. The van der Waals surface area contributed by atoms with E-state index in [4.69, 9.17) is 9.47 Å². The summed E-state index contributed by atoms with van der Waals surface area (Å²) in [4.78, 5) is 25.1. The molecule has 0 unspecified atom stereocenters. The van der Waals surface area contributed by atoms with Gasteiger partial charge in [0.25, 0.3) is 5.91 Å². The Morgan fingerprint density at radius 1 is 1.23 bits per heavy atom. The minimum Gasteiger partial charge on any atom is -0.455 e. The molecular weight excluding hydrogens is 367 g/mol. The van der Waals surface area contributed by atoms with Crippen molar-refractivity contribution < 1.29 is 31.9 Å². The van der Waals surface area contributed by atoms with Gasteiger partial charge in [0, 0.05) is 13.1 Å². The molecule has 1 saturated heterocycles. The van der Waals surface area contributed by atoms with Crippen molar-refractivity contribution >= 4 is 21.9 Å². The zero-order valence-corrected chi connectivity index (χ0v) is 15.3. The molecule has 1 fully saturated rings. The second kappa shape index (κ2) is 8.56. The lowest BCUT2D eigenvalue weighted by Crippen LogP contribution is -2.49. The molecule has 0 spiro atoms. The highest BCUT2D eigenvalue weighted by atomic mass is 32.2. The molecule has 0 aliphatic carbocycles. The van der Waals surface area contributed by atoms with Crippen LogP contribution in [0.4, 0.5) is 4.39 Å². The SMILES string of the molecule is C[C@@H]1CN(C(=O)COC(=O)CNS(=O)(=O)c2ccc(F)cc2)C[C@@H](C)O1. The lowest BCUT2D eigenvalue weighted by molar-refractivity contribution is -0.156. The van der Waals surface area contributed by atoms with E-state index in [1.165, 1.54) is 4.90 Å². The standard InChI is InChI=1S/C16H21FN2O6S/c1-11-8-19(9-12(2)25-11)15(20)10-24-16(21)7-18-26(22,23)14-5-3-13(17)4-6-14/h3-6,11-12,18H,7-10H2,1-2H3/t11-,12-/m1/s1. The minimum atomic E-state index is -3.98. The zero-order valence-electron chi connectivity index (χ0n) is 14.5. The molecule has 8 nitrogen and oxygen atoms in total. The maximum Gasteiger partial charge on any atom is 0.321 e. The molecule has 1 N–H and O–H groups in total. The Hall–Kier alpha value is -2.04. The normalized spacial score (nSPS) is 20.7. The fraction of sp³-hybridized carbons (Fsp3) is 0.500. The molecule has 0 aromatic heterocycles. The van der Waals surface area contributed by atoms with Crippen molar-refractivity contribution in [2.45, 2.75) is 31.0 Å². The van der Waals surface area contributed by atoms with Gasteiger partial charge in [0.05, 0.1) is 17.1 Å². The molecule has 1 heterocycles. The number of halogens is 1. The first kappa shape index (κ1) is 20.3. The molecule has 0 bridgehead atoms. The Morgan fingerprint density at radius 2 is 1.81 bits per heavy atom. The summed E-state index contributed by atoms with van der Waals surface area (Å²) < 4.78 is 49.2. The summed E-state index contributed by atoms with van der Waals surface area (Å²) in [5.41, 5.74) is 0. The van der Waals surface area contributed by atoms with Gasteiger partial charge in [-0.3, -0.25) is 9.59 Å². The Labute approximate surface area is 151 Å². The van der Waals surface area contributed by atoms with E-state index in [1.807, 2.05) is 18.6 Å². The van der Waals surface area contributed by atoms with Crippen LogP contribution >= 0.6 is 0 Å². The number of esters is 1. The van der Waals surface area contributed by atoms with Crippen LogP contribution in [-0.4, -0.2) is 63.6 Å². The second-order valence-electron chi connectivity index (χ2n) is 6.00. The van der Waals surface area contributed by atoms with Gasteiger partial charge in [-0.15, -0.1) is 0 Å². The summed E-state index contributed by atoms with van der Waals surface area (Å²) in [5, 5.41) is 0. The molecular formula is C16H21FN2O6S. The number of benzene rings is 1. The predicted octanol–water partition coefficient (Wildman–Crippen LogP) is 0.283. The summed E-state index contributed by atoms with van der Waals surface area (Å²) in [7, 11) is -3.98. The number of hydrogen-bond donors (Lipinski definition) is 1. The van der Waals surface area contributed by atoms with Gasteiger partial charge < -0.3 is 14.4 Å². The van der Waals surface area contributed by atoms with Crippen LogP contribution < -0.4 is 4.72 Å². The van der Waals surface area contributed by atoms with Crippen LogP contribution in [0.1, 0.15) is 13.8 Å². The van der Waals surface area contributed by atoms with E-state index in [2.05, 4.69) is 0 Å². The predicted molar refractivity (Wildman–Crippen MR) is 89.1 cm³/mol. The second-order valence-corrected chi connectivity index (χ2v) is 7.76. The van der Waals surface area contributed by atoms with Crippen molar-refractivity contribution in [3.8, 4) is 0 Å². The summed E-state index contributed by atoms with van der Waals surface area (Å²) >= 11 is 0. The third-order valence-corrected chi connectivity index (χ3v) is 5.08. The van der Waals surface area contributed by atoms with Gasteiger partial charge >= 0.3 is 5.97 Å². The van der Waals surface area contributed by atoms with Crippen LogP contribution in [0.15, 0.2) is 29.2 Å². The van der Waals surface area contributed by atoms with Gasteiger partial charge in [-0.05, 0) is 38.1 Å². The van der Waals surface area contributed by atoms with E-state index < -0.39 is 35.0 Å². The van der Waals surface area contributed by atoms with Gasteiger partial charge in [-0.1, -0.05) is 0 Å². The molecule has 26 heavy (non-hydrogen) atoms. The Kier molecular flexibility index (Phi) is 6.68. The monoisotopic (exact) mass is 388 g/mol. The van der Waals surface area contributed by atoms with E-state index in [0.717, 1.165) is 24.3 Å². The number of ether oxygens (including phenoxy) is 2. The molecule has 2 atom stereocenters. The highest BCUT2D eigenvalue weighted by Gasteiger charge is 2.26. The van der Waals surface area contributed by atoms with Crippen molar-refractivity contribution in [3.63, 3.8) is 0 Å². The van der Waals surface area contributed by atoms with Gasteiger partial charge in [-0.25, -0.2) is 12.8 Å². The third kappa shape index (κ3) is 5.75. The number of hydrogen-bond acceptors (Lipinski definition) is 6. The van der Waals surface area contributed by atoms with E-state index in [1.54, 1.807) is 0 Å². The zero-order chi connectivity index (χ0) is 19.3. The summed E-state index contributed by atoms with van der Waals surface area (Å²) in [6, 6.07) is 4.15. The fourth-order valence-electron chi connectivity index (χ4n) is 2.52. The molecule has 2 rings (SSSR count). The fourth-order valence-corrected chi connectivity index (χ4v) is 3.49. The molecule has 1 aliphatic rings. The lowest BCUT2D eigenvalue weighted by atomic mass is 10.2. The van der Waals surface area contributed by atoms with Crippen LogP contribution in [-0.2, 0) is 29.1 Å². The van der Waals surface area contributed by atoms with E-state index in [-0.39, 0.29) is 23.0 Å². The van der Waals surface area contributed by atoms with Crippen molar-refractivity contribution in [1.82, 2.24) is 9.62 Å². The van der Waals surface area contributed by atoms with E-state index >= 15 is 0 Å². The lowest BCUT2D eigenvalue weighted by Gasteiger charge is -2.35. The average Bonchev–Trinajstić information content (AvgIpc) is 2.57. The third-order valence-electron chi connectivity index (χ3n) is 3.66. The quantitative estimate of drug-likeness (QED) is 0.703. The number of carbonyl (C=O) groups is 2. The van der Waals surface area contributed by atoms with Gasteiger partial charge in [0.2, 0.25) is 10.0 Å². The van der Waals surface area contributed by atoms with Crippen molar-refractivity contribution in [1.29, 1.82) is 0 Å². The minimum absolute atomic E-state index is 0.110. The van der Waals surface area contributed by atoms with Gasteiger partial charge in [0.1, 0.15) is 12.4 Å². The Bertz CT molecular complexity index is 743. The molecule has 1 aliphatic heterocycles. The van der Waals surface area contributed by atoms with Crippen LogP contribution in [0.5, 0.6) is 0 Å².